The van der Waals surface area contributed by atoms with Crippen molar-refractivity contribution in [2.24, 2.45) is 11.7 Å². The van der Waals surface area contributed by atoms with Gasteiger partial charge in [0, 0.05) is 18.1 Å². The smallest absolute Gasteiger partial charge is 0.409 e. The molecular weight excluding hydrogens is 420 g/mol. The molecule has 1 saturated heterocycles. The Morgan fingerprint density at radius 3 is 2.38 bits per heavy atom. The van der Waals surface area contributed by atoms with E-state index < -0.39 is 0 Å². The van der Waals surface area contributed by atoms with Crippen LogP contribution >= 0.6 is 11.6 Å². The standard InChI is InChI=1S/C22H30ClNO2.C3H7N.C2H4/c1-5-8-19(17-11-13-24(14-12-17)22(25)26-7-3)20-10-9-18(23)15-21(20)16(4)6-2;1-2-3-4;1-2/h5-6,9-10,15,17,19H,1,7-8,11-14H2,2-4H3;2-3H,4H2,1H3;1-2H2/b16-6-;3-2-;. The van der Waals surface area contributed by atoms with Crippen LogP contribution in [0.1, 0.15) is 64.0 Å². The number of carbonyl (C=O) groups is 1. The van der Waals surface area contributed by atoms with Gasteiger partial charge in [-0.25, -0.2) is 4.79 Å². The van der Waals surface area contributed by atoms with Gasteiger partial charge in [-0.3, -0.25) is 0 Å². The molecule has 1 unspecified atom stereocenters. The maximum Gasteiger partial charge on any atom is 0.409 e. The number of hydrogen-bond donors (Lipinski definition) is 1. The zero-order chi connectivity index (χ0) is 24.5. The number of amides is 1. The van der Waals surface area contributed by atoms with Gasteiger partial charge in [-0.05, 0) is 93.8 Å². The molecule has 178 valence electrons. The second-order valence-electron chi connectivity index (χ2n) is 7.38. The van der Waals surface area contributed by atoms with Crippen molar-refractivity contribution >= 4 is 23.3 Å². The first-order valence-electron chi connectivity index (χ1n) is 11.2. The molecule has 2 rings (SSSR count). The second-order valence-corrected chi connectivity index (χ2v) is 7.82. The highest BCUT2D eigenvalue weighted by molar-refractivity contribution is 6.30. The lowest BCUT2D eigenvalue weighted by atomic mass is 9.76. The van der Waals surface area contributed by atoms with Gasteiger partial charge in [-0.15, -0.1) is 19.7 Å². The molecule has 4 nitrogen and oxygen atoms in total. The van der Waals surface area contributed by atoms with E-state index >= 15 is 0 Å². The highest BCUT2D eigenvalue weighted by Gasteiger charge is 2.30. The lowest BCUT2D eigenvalue weighted by molar-refractivity contribution is 0.0888. The van der Waals surface area contributed by atoms with Crippen LogP contribution in [0.15, 0.2) is 62.4 Å². The fourth-order valence-electron chi connectivity index (χ4n) is 3.80. The van der Waals surface area contributed by atoms with Crippen molar-refractivity contribution in [1.82, 2.24) is 4.90 Å². The van der Waals surface area contributed by atoms with E-state index in [0.29, 0.717) is 18.4 Å². The summed E-state index contributed by atoms with van der Waals surface area (Å²) >= 11 is 6.26. The fourth-order valence-corrected chi connectivity index (χ4v) is 3.97. The van der Waals surface area contributed by atoms with Crippen LogP contribution in [0, 0.1) is 5.92 Å². The van der Waals surface area contributed by atoms with Gasteiger partial charge in [0.2, 0.25) is 0 Å². The number of piperidine rings is 1. The van der Waals surface area contributed by atoms with Crippen LogP contribution in [0.5, 0.6) is 0 Å². The summed E-state index contributed by atoms with van der Waals surface area (Å²) in [7, 11) is 0. The number of halogens is 1. The molecule has 2 N–H and O–H groups in total. The van der Waals surface area contributed by atoms with Crippen LogP contribution in [-0.2, 0) is 4.74 Å². The number of nitrogens with zero attached hydrogens (tertiary/aromatic N) is 1. The van der Waals surface area contributed by atoms with E-state index in [4.69, 9.17) is 22.1 Å². The van der Waals surface area contributed by atoms with Crippen molar-refractivity contribution in [3.05, 3.63) is 78.5 Å². The highest BCUT2D eigenvalue weighted by Crippen LogP contribution is 2.39. The summed E-state index contributed by atoms with van der Waals surface area (Å²) in [6, 6.07) is 6.21. The maximum absolute atomic E-state index is 12.0. The van der Waals surface area contributed by atoms with Crippen LogP contribution in [0.4, 0.5) is 4.79 Å². The van der Waals surface area contributed by atoms with Gasteiger partial charge in [-0.2, -0.15) is 0 Å². The van der Waals surface area contributed by atoms with E-state index in [1.807, 2.05) is 30.9 Å². The Bertz CT molecular complexity index is 746. The van der Waals surface area contributed by atoms with Gasteiger partial charge < -0.3 is 15.4 Å². The van der Waals surface area contributed by atoms with E-state index in [0.717, 1.165) is 37.4 Å². The van der Waals surface area contributed by atoms with Crippen molar-refractivity contribution in [3.63, 3.8) is 0 Å². The van der Waals surface area contributed by atoms with Crippen LogP contribution in [0.25, 0.3) is 5.57 Å². The summed E-state index contributed by atoms with van der Waals surface area (Å²) in [4.78, 5) is 13.8. The molecule has 0 radical (unpaired) electrons. The Balaban J connectivity index is 0.00000144. The van der Waals surface area contributed by atoms with E-state index in [9.17, 15) is 4.79 Å². The molecule has 0 bridgehead atoms. The molecule has 1 fully saturated rings. The topological polar surface area (TPSA) is 55.6 Å². The van der Waals surface area contributed by atoms with Gasteiger partial charge in [0.05, 0.1) is 6.61 Å². The van der Waals surface area contributed by atoms with Crippen molar-refractivity contribution in [2.75, 3.05) is 19.7 Å². The fraction of sp³-hybridized carbons (Fsp3) is 0.444. The molecule has 1 aromatic carbocycles. The predicted octanol–water partition coefficient (Wildman–Crippen LogP) is 7.57. The summed E-state index contributed by atoms with van der Waals surface area (Å²) in [5.74, 6) is 0.905. The molecule has 0 aliphatic carbocycles. The Kier molecular flexibility index (Phi) is 15.8. The van der Waals surface area contributed by atoms with Gasteiger partial charge >= 0.3 is 6.09 Å². The van der Waals surface area contributed by atoms with Gasteiger partial charge in [0.1, 0.15) is 0 Å². The highest BCUT2D eigenvalue weighted by atomic mass is 35.5. The van der Waals surface area contributed by atoms with Crippen molar-refractivity contribution < 1.29 is 9.53 Å². The first kappa shape index (κ1) is 29.5. The number of rotatable bonds is 6. The van der Waals surface area contributed by atoms with E-state index in [-0.39, 0.29) is 6.09 Å². The van der Waals surface area contributed by atoms with E-state index in [1.54, 1.807) is 6.08 Å². The third kappa shape index (κ3) is 9.35. The number of allylic oxidation sites excluding steroid dienone is 4. The van der Waals surface area contributed by atoms with Crippen LogP contribution in [-0.4, -0.2) is 30.7 Å². The monoisotopic (exact) mass is 460 g/mol. The Morgan fingerprint density at radius 1 is 1.31 bits per heavy atom. The summed E-state index contributed by atoms with van der Waals surface area (Å²) in [5, 5.41) is 0.763. The molecule has 5 heteroatoms. The number of ether oxygens (including phenoxy) is 1. The Hall–Kier alpha value is -2.46. The normalized spacial score (nSPS) is 15.2. The molecule has 1 aliphatic heterocycles. The predicted molar refractivity (Wildman–Crippen MR) is 140 cm³/mol. The van der Waals surface area contributed by atoms with Crippen molar-refractivity contribution in [1.29, 1.82) is 0 Å². The number of carbonyl (C=O) groups excluding carboxylic acids is 1. The van der Waals surface area contributed by atoms with Crippen LogP contribution < -0.4 is 5.73 Å². The lowest BCUT2D eigenvalue weighted by Crippen LogP contribution is -2.40. The first-order chi connectivity index (χ1) is 15.4. The molecule has 0 aromatic heterocycles. The molecule has 1 heterocycles. The van der Waals surface area contributed by atoms with Crippen LogP contribution in [0.3, 0.4) is 0 Å². The number of hydrogen-bond acceptors (Lipinski definition) is 3. The summed E-state index contributed by atoms with van der Waals surface area (Å²) < 4.78 is 5.14. The van der Waals surface area contributed by atoms with Gasteiger partial charge in [-0.1, -0.05) is 35.9 Å². The first-order valence-corrected chi connectivity index (χ1v) is 11.6. The molecular formula is C27H41ClN2O2. The molecule has 32 heavy (non-hydrogen) atoms. The molecule has 1 atom stereocenters. The average Bonchev–Trinajstić information content (AvgIpc) is 2.84. The zero-order valence-corrected chi connectivity index (χ0v) is 21.0. The summed E-state index contributed by atoms with van der Waals surface area (Å²) in [5.41, 5.74) is 8.64. The minimum absolute atomic E-state index is 0.192. The maximum atomic E-state index is 12.0. The largest absolute Gasteiger partial charge is 0.450 e. The summed E-state index contributed by atoms with van der Waals surface area (Å²) in [6.07, 6.45) is 10.1. The molecule has 0 spiro atoms. The second kappa shape index (κ2) is 17.1. The number of nitrogens with two attached hydrogens (primary N) is 1. The van der Waals surface area contributed by atoms with Gasteiger partial charge in [0.15, 0.2) is 0 Å². The number of benzene rings is 1. The third-order valence-corrected chi connectivity index (χ3v) is 5.76. The van der Waals surface area contributed by atoms with E-state index in [2.05, 4.69) is 51.8 Å². The Morgan fingerprint density at radius 2 is 1.91 bits per heavy atom. The molecule has 1 aromatic rings. The van der Waals surface area contributed by atoms with E-state index in [1.165, 1.54) is 22.9 Å². The lowest BCUT2D eigenvalue weighted by Gasteiger charge is -2.36. The Labute approximate surface area is 200 Å². The number of likely N-dealkylation sites (tertiary alicyclic amines) is 1. The third-order valence-electron chi connectivity index (χ3n) is 5.52. The zero-order valence-electron chi connectivity index (χ0n) is 20.3. The van der Waals surface area contributed by atoms with Crippen molar-refractivity contribution in [2.45, 2.75) is 52.9 Å². The molecule has 1 amide bonds. The quantitative estimate of drug-likeness (QED) is 0.445. The molecule has 0 saturated carbocycles. The molecule has 1 aliphatic rings. The van der Waals surface area contributed by atoms with Crippen molar-refractivity contribution in [3.8, 4) is 0 Å². The van der Waals surface area contributed by atoms with Crippen LogP contribution in [0.2, 0.25) is 5.02 Å². The average molecular weight is 461 g/mol. The minimum atomic E-state index is -0.192. The van der Waals surface area contributed by atoms with Gasteiger partial charge in [0.25, 0.3) is 0 Å². The minimum Gasteiger partial charge on any atom is -0.450 e. The summed E-state index contributed by atoms with van der Waals surface area (Å²) in [6.45, 7) is 19.8. The SMILES string of the molecule is C/C=C\N.C=C.C=CCC(c1ccc(Cl)cc1/C(C)=C\C)C1CCN(C(=O)OCC)CC1.